The highest BCUT2D eigenvalue weighted by Gasteiger charge is 2.21. The molecule has 0 aliphatic heterocycles. The van der Waals surface area contributed by atoms with Crippen LogP contribution in [-0.4, -0.2) is 19.2 Å². The smallest absolute Gasteiger partial charge is 0.270 e. The first-order valence-corrected chi connectivity index (χ1v) is 9.99. The molecule has 0 saturated carbocycles. The summed E-state index contributed by atoms with van der Waals surface area (Å²) in [4.78, 5) is 22.7. The molecule has 2 N–H and O–H groups in total. The number of rotatable bonds is 6. The van der Waals surface area contributed by atoms with Crippen LogP contribution in [0.4, 0.5) is 17.1 Å². The van der Waals surface area contributed by atoms with Crippen LogP contribution in [0.3, 0.4) is 0 Å². The first-order chi connectivity index (χ1) is 13.8. The van der Waals surface area contributed by atoms with Gasteiger partial charge in [-0.2, -0.15) is 0 Å². The Labute approximate surface area is 167 Å². The number of sulfonamides is 1. The summed E-state index contributed by atoms with van der Waals surface area (Å²) in [5, 5.41) is 13.7. The van der Waals surface area contributed by atoms with Gasteiger partial charge in [0.15, 0.2) is 0 Å². The first-order valence-electron chi connectivity index (χ1n) is 8.51. The van der Waals surface area contributed by atoms with Crippen LogP contribution in [0.15, 0.2) is 77.7 Å². The lowest BCUT2D eigenvalue weighted by Crippen LogP contribution is -2.19. The number of anilines is 2. The van der Waals surface area contributed by atoms with Crippen LogP contribution in [0.2, 0.25) is 0 Å². The minimum absolute atomic E-state index is 0.0603. The van der Waals surface area contributed by atoms with Crippen LogP contribution in [0.25, 0.3) is 0 Å². The Morgan fingerprint density at radius 2 is 1.59 bits per heavy atom. The van der Waals surface area contributed by atoms with Gasteiger partial charge in [0.05, 0.1) is 21.1 Å². The molecule has 3 aromatic rings. The molecule has 3 aromatic carbocycles. The molecule has 1 amide bonds. The average Bonchev–Trinajstić information content (AvgIpc) is 2.70. The predicted octanol–water partition coefficient (Wildman–Crippen LogP) is 3.96. The maximum atomic E-state index is 12.7. The summed E-state index contributed by atoms with van der Waals surface area (Å²) >= 11 is 0. The largest absolute Gasteiger partial charge is 0.322 e. The van der Waals surface area contributed by atoms with E-state index >= 15 is 0 Å². The van der Waals surface area contributed by atoms with E-state index in [0.29, 0.717) is 5.69 Å². The molecule has 8 nitrogen and oxygen atoms in total. The summed E-state index contributed by atoms with van der Waals surface area (Å²) in [5.74, 6) is -0.489. The zero-order chi connectivity index (χ0) is 21.0. The van der Waals surface area contributed by atoms with Crippen LogP contribution in [0.1, 0.15) is 15.9 Å². The number of nitro groups is 1. The molecule has 0 radical (unpaired) electrons. The molecule has 0 atom stereocenters. The quantitative estimate of drug-likeness (QED) is 0.470. The normalized spacial score (nSPS) is 10.9. The maximum absolute atomic E-state index is 12.7. The first kappa shape index (κ1) is 20.0. The van der Waals surface area contributed by atoms with Crippen molar-refractivity contribution in [1.82, 2.24) is 0 Å². The number of nitrogens with zero attached hydrogens (tertiary/aromatic N) is 1. The van der Waals surface area contributed by atoms with Gasteiger partial charge < -0.3 is 5.32 Å². The molecule has 0 aliphatic carbocycles. The molecule has 0 heterocycles. The van der Waals surface area contributed by atoms with Gasteiger partial charge in [0, 0.05) is 17.8 Å². The lowest BCUT2D eigenvalue weighted by atomic mass is 10.1. The van der Waals surface area contributed by atoms with Gasteiger partial charge in [0.25, 0.3) is 21.6 Å². The zero-order valence-corrected chi connectivity index (χ0v) is 16.1. The van der Waals surface area contributed by atoms with Crippen LogP contribution in [0.5, 0.6) is 0 Å². The molecule has 0 saturated heterocycles. The van der Waals surface area contributed by atoms with E-state index in [2.05, 4.69) is 10.0 Å². The van der Waals surface area contributed by atoms with Crippen molar-refractivity contribution in [2.45, 2.75) is 11.8 Å². The number of hydrogen-bond acceptors (Lipinski definition) is 5. The van der Waals surface area contributed by atoms with E-state index in [1.807, 2.05) is 19.1 Å². The van der Waals surface area contributed by atoms with Crippen LogP contribution in [-0.2, 0) is 10.0 Å². The fourth-order valence-electron chi connectivity index (χ4n) is 2.64. The lowest BCUT2D eigenvalue weighted by molar-refractivity contribution is -0.385. The van der Waals surface area contributed by atoms with Crippen molar-refractivity contribution in [2.75, 3.05) is 10.0 Å². The van der Waals surface area contributed by atoms with E-state index in [9.17, 15) is 23.3 Å². The van der Waals surface area contributed by atoms with Crippen molar-refractivity contribution in [1.29, 1.82) is 0 Å². The lowest BCUT2D eigenvalue weighted by Gasteiger charge is -2.13. The van der Waals surface area contributed by atoms with Gasteiger partial charge in [-0.3, -0.25) is 19.6 Å². The molecule has 3 rings (SSSR count). The topological polar surface area (TPSA) is 118 Å². The van der Waals surface area contributed by atoms with E-state index in [1.54, 1.807) is 24.3 Å². The highest BCUT2D eigenvalue weighted by Crippen LogP contribution is 2.24. The standard InChI is InChI=1S/C20H17N3O5S/c1-14-7-2-4-11-18(14)21-20(24)17-10-3-5-12-19(17)22-29(27,28)16-9-6-8-15(13-16)23(25)26/h2-13,22H,1H3,(H,21,24). The number of carbonyl (C=O) groups is 1. The van der Waals surface area contributed by atoms with Crippen molar-refractivity contribution >= 4 is 33.0 Å². The van der Waals surface area contributed by atoms with Crippen molar-refractivity contribution in [3.63, 3.8) is 0 Å². The SMILES string of the molecule is Cc1ccccc1NC(=O)c1ccccc1NS(=O)(=O)c1cccc([N+](=O)[O-])c1. The second kappa shape index (κ2) is 8.11. The second-order valence-electron chi connectivity index (χ2n) is 6.17. The van der Waals surface area contributed by atoms with E-state index in [4.69, 9.17) is 0 Å². The Morgan fingerprint density at radius 1 is 0.931 bits per heavy atom. The van der Waals surface area contributed by atoms with Crippen LogP contribution < -0.4 is 10.0 Å². The monoisotopic (exact) mass is 411 g/mol. The minimum Gasteiger partial charge on any atom is -0.322 e. The van der Waals surface area contributed by atoms with E-state index in [0.717, 1.165) is 11.6 Å². The summed E-state index contributed by atoms with van der Waals surface area (Å²) in [6.07, 6.45) is 0. The van der Waals surface area contributed by atoms with Crippen molar-refractivity contribution in [3.8, 4) is 0 Å². The number of para-hydroxylation sites is 2. The summed E-state index contributed by atoms with van der Waals surface area (Å²) < 4.78 is 27.7. The average molecular weight is 411 g/mol. The Hall–Kier alpha value is -3.72. The van der Waals surface area contributed by atoms with Gasteiger partial charge in [0.1, 0.15) is 0 Å². The van der Waals surface area contributed by atoms with Gasteiger partial charge in [-0.15, -0.1) is 0 Å². The van der Waals surface area contributed by atoms with Crippen LogP contribution >= 0.6 is 0 Å². The van der Waals surface area contributed by atoms with Gasteiger partial charge in [0.2, 0.25) is 0 Å². The molecule has 0 fully saturated rings. The molecule has 0 aromatic heterocycles. The van der Waals surface area contributed by atoms with Crippen molar-refractivity contribution < 1.29 is 18.1 Å². The second-order valence-corrected chi connectivity index (χ2v) is 7.86. The Kier molecular flexibility index (Phi) is 5.60. The Balaban J connectivity index is 1.91. The number of non-ortho nitro benzene ring substituents is 1. The third-order valence-corrected chi connectivity index (χ3v) is 5.51. The summed E-state index contributed by atoms with van der Waals surface area (Å²) in [7, 11) is -4.14. The summed E-state index contributed by atoms with van der Waals surface area (Å²) in [5.41, 5.74) is 1.29. The summed E-state index contributed by atoms with van der Waals surface area (Å²) in [6, 6.07) is 18.0. The van der Waals surface area contributed by atoms with E-state index < -0.39 is 20.9 Å². The van der Waals surface area contributed by atoms with Crippen LogP contribution in [0, 0.1) is 17.0 Å². The highest BCUT2D eigenvalue weighted by molar-refractivity contribution is 7.92. The van der Waals surface area contributed by atoms with Gasteiger partial charge in [-0.05, 0) is 36.8 Å². The van der Waals surface area contributed by atoms with Gasteiger partial charge >= 0.3 is 0 Å². The Morgan fingerprint density at radius 3 is 2.28 bits per heavy atom. The van der Waals surface area contributed by atoms with E-state index in [1.165, 1.54) is 30.3 Å². The van der Waals surface area contributed by atoms with Gasteiger partial charge in [-0.25, -0.2) is 8.42 Å². The third-order valence-electron chi connectivity index (χ3n) is 4.15. The number of hydrogen-bond donors (Lipinski definition) is 2. The van der Waals surface area contributed by atoms with E-state index in [-0.39, 0.29) is 21.8 Å². The molecule has 0 bridgehead atoms. The summed E-state index contributed by atoms with van der Waals surface area (Å²) in [6.45, 7) is 1.84. The van der Waals surface area contributed by atoms with Crippen molar-refractivity contribution in [3.05, 3.63) is 94.0 Å². The predicted molar refractivity (Wildman–Crippen MR) is 109 cm³/mol. The fourth-order valence-corrected chi connectivity index (χ4v) is 3.76. The maximum Gasteiger partial charge on any atom is 0.270 e. The number of aryl methyl sites for hydroxylation is 1. The van der Waals surface area contributed by atoms with Crippen molar-refractivity contribution in [2.24, 2.45) is 0 Å². The minimum atomic E-state index is -4.14. The molecule has 0 spiro atoms. The zero-order valence-electron chi connectivity index (χ0n) is 15.3. The molecular formula is C20H17N3O5S. The number of nitro benzene ring substituents is 1. The third kappa shape index (κ3) is 4.58. The van der Waals surface area contributed by atoms with Gasteiger partial charge in [-0.1, -0.05) is 36.4 Å². The fraction of sp³-hybridized carbons (Fsp3) is 0.0500. The molecule has 0 aliphatic rings. The molecule has 148 valence electrons. The molecule has 29 heavy (non-hydrogen) atoms. The number of carbonyl (C=O) groups excluding carboxylic acids is 1. The highest BCUT2D eigenvalue weighted by atomic mass is 32.2. The molecule has 9 heteroatoms. The molecule has 0 unspecified atom stereocenters. The Bertz CT molecular complexity index is 1190. The number of nitrogens with one attached hydrogen (secondary N) is 2. The molecular weight excluding hydrogens is 394 g/mol. The number of benzene rings is 3. The number of amides is 1.